The first-order valence-corrected chi connectivity index (χ1v) is 5.58. The van der Waals surface area contributed by atoms with Gasteiger partial charge in [-0.3, -0.25) is 0 Å². The predicted molar refractivity (Wildman–Crippen MR) is 66.5 cm³/mol. The molecule has 1 N–H and O–H groups in total. The van der Waals surface area contributed by atoms with Gasteiger partial charge < -0.3 is 14.6 Å². The van der Waals surface area contributed by atoms with E-state index in [2.05, 4.69) is 0 Å². The van der Waals surface area contributed by atoms with Crippen LogP contribution >= 0.6 is 0 Å². The molecule has 4 nitrogen and oxygen atoms in total. The topological polar surface area (TPSA) is 55.8 Å². The van der Waals surface area contributed by atoms with Crippen LogP contribution in [0.25, 0.3) is 6.08 Å². The third-order valence-electron chi connectivity index (χ3n) is 2.63. The molecule has 1 aliphatic rings. The van der Waals surface area contributed by atoms with Gasteiger partial charge in [0, 0.05) is 0 Å². The Labute approximate surface area is 105 Å². The Morgan fingerprint density at radius 3 is 2.72 bits per heavy atom. The average Bonchev–Trinajstić information content (AvgIpc) is 2.40. The van der Waals surface area contributed by atoms with E-state index in [9.17, 15) is 9.90 Å². The minimum Gasteiger partial charge on any atom is -0.498 e. The van der Waals surface area contributed by atoms with Crippen molar-refractivity contribution in [1.29, 1.82) is 0 Å². The Hall–Kier alpha value is -2.07. The van der Waals surface area contributed by atoms with Crippen LogP contribution in [0.3, 0.4) is 0 Å². The Morgan fingerprint density at radius 1 is 1.33 bits per heavy atom. The molecule has 0 saturated carbocycles. The van der Waals surface area contributed by atoms with Gasteiger partial charge in [0.15, 0.2) is 12.2 Å². The van der Waals surface area contributed by atoms with E-state index in [1.54, 1.807) is 12.2 Å². The highest BCUT2D eigenvalue weighted by Gasteiger charge is 2.30. The third kappa shape index (κ3) is 2.78. The molecule has 0 amide bonds. The van der Waals surface area contributed by atoms with E-state index >= 15 is 0 Å². The van der Waals surface area contributed by atoms with Crippen LogP contribution in [-0.2, 0) is 14.3 Å². The van der Waals surface area contributed by atoms with Gasteiger partial charge in [-0.15, -0.1) is 0 Å². The second kappa shape index (κ2) is 5.51. The summed E-state index contributed by atoms with van der Waals surface area (Å²) < 4.78 is 9.95. The van der Waals surface area contributed by atoms with Crippen molar-refractivity contribution in [3.8, 4) is 0 Å². The summed E-state index contributed by atoms with van der Waals surface area (Å²) in [6.07, 6.45) is 2.90. The molecular weight excluding hydrogens is 232 g/mol. The quantitative estimate of drug-likeness (QED) is 0.821. The number of ether oxygens (including phenoxy) is 2. The largest absolute Gasteiger partial charge is 0.498 e. The van der Waals surface area contributed by atoms with Crippen LogP contribution in [0.4, 0.5) is 0 Å². The molecule has 0 aromatic heterocycles. The van der Waals surface area contributed by atoms with Gasteiger partial charge >= 0.3 is 5.97 Å². The molecule has 0 aliphatic carbocycles. The van der Waals surface area contributed by atoms with Crippen LogP contribution in [-0.4, -0.2) is 30.4 Å². The van der Waals surface area contributed by atoms with E-state index in [1.807, 2.05) is 30.3 Å². The summed E-state index contributed by atoms with van der Waals surface area (Å²) in [6.45, 7) is 0. The van der Waals surface area contributed by atoms with Crippen molar-refractivity contribution >= 4 is 12.0 Å². The van der Waals surface area contributed by atoms with Crippen LogP contribution in [0.5, 0.6) is 0 Å². The molecule has 0 saturated heterocycles. The Kier molecular flexibility index (Phi) is 3.79. The molecule has 1 unspecified atom stereocenters. The molecule has 0 bridgehead atoms. The first-order chi connectivity index (χ1) is 8.70. The lowest BCUT2D eigenvalue weighted by molar-refractivity contribution is -0.148. The maximum absolute atomic E-state index is 11.3. The molecule has 2 rings (SSSR count). The van der Waals surface area contributed by atoms with E-state index in [4.69, 9.17) is 9.47 Å². The Balaban J connectivity index is 2.13. The molecule has 1 heterocycles. The van der Waals surface area contributed by atoms with Gasteiger partial charge in [-0.05, 0) is 11.6 Å². The monoisotopic (exact) mass is 246 g/mol. The molecular formula is C14H14O4. The van der Waals surface area contributed by atoms with Crippen LogP contribution in [0, 0.1) is 0 Å². The Morgan fingerprint density at radius 2 is 2.06 bits per heavy atom. The number of rotatable bonds is 3. The van der Waals surface area contributed by atoms with Crippen LogP contribution in [0.2, 0.25) is 0 Å². The lowest BCUT2D eigenvalue weighted by Crippen LogP contribution is -2.35. The summed E-state index contributed by atoms with van der Waals surface area (Å²) >= 11 is 0. The highest BCUT2D eigenvalue weighted by Crippen LogP contribution is 2.19. The molecule has 1 aromatic carbocycles. The van der Waals surface area contributed by atoms with E-state index < -0.39 is 18.2 Å². The van der Waals surface area contributed by atoms with Crippen molar-refractivity contribution in [3.63, 3.8) is 0 Å². The number of hydrogen-bond acceptors (Lipinski definition) is 4. The molecule has 1 aromatic rings. The van der Waals surface area contributed by atoms with Gasteiger partial charge in [0.2, 0.25) is 0 Å². The smallest absolute Gasteiger partial charge is 0.334 e. The van der Waals surface area contributed by atoms with E-state index in [1.165, 1.54) is 7.11 Å². The van der Waals surface area contributed by atoms with Gasteiger partial charge in [-0.25, -0.2) is 4.79 Å². The molecule has 94 valence electrons. The van der Waals surface area contributed by atoms with E-state index in [0.29, 0.717) is 0 Å². The van der Waals surface area contributed by atoms with Crippen molar-refractivity contribution in [2.45, 2.75) is 12.2 Å². The summed E-state index contributed by atoms with van der Waals surface area (Å²) in [7, 11) is 1.41. The maximum Gasteiger partial charge on any atom is 0.334 e. The van der Waals surface area contributed by atoms with Gasteiger partial charge in [-0.1, -0.05) is 36.4 Å². The zero-order valence-corrected chi connectivity index (χ0v) is 9.95. The molecule has 0 spiro atoms. The number of cyclic esters (lactones) is 1. The number of carbonyl (C=O) groups excluding carboxylic acids is 1. The fourth-order valence-corrected chi connectivity index (χ4v) is 1.69. The summed E-state index contributed by atoms with van der Waals surface area (Å²) in [5, 5.41) is 9.90. The standard InChI is InChI=1S/C14H14O4/c1-17-12-9-13(15)18-11(14(12)16)8-7-10-5-3-2-4-6-10/h2-9,11,14,16H,1H3/b8-7+/t11-,14?/m0/s1. The summed E-state index contributed by atoms with van der Waals surface area (Å²) in [4.78, 5) is 11.3. The van der Waals surface area contributed by atoms with Gasteiger partial charge in [0.1, 0.15) is 5.76 Å². The normalized spacial score (nSPS) is 23.7. The first-order valence-electron chi connectivity index (χ1n) is 5.58. The number of methoxy groups -OCH3 is 1. The fourth-order valence-electron chi connectivity index (χ4n) is 1.69. The molecule has 18 heavy (non-hydrogen) atoms. The lowest BCUT2D eigenvalue weighted by Gasteiger charge is -2.25. The number of hydrogen-bond donors (Lipinski definition) is 1. The van der Waals surface area contributed by atoms with Gasteiger partial charge in [-0.2, -0.15) is 0 Å². The number of aliphatic hydroxyl groups excluding tert-OH is 1. The average molecular weight is 246 g/mol. The number of esters is 1. The SMILES string of the molecule is COC1=CC(=O)O[C@@H](/C=C/c2ccccc2)C1O. The minimum absolute atomic E-state index is 0.217. The number of carbonyl (C=O) groups is 1. The van der Waals surface area contributed by atoms with E-state index in [0.717, 1.165) is 11.6 Å². The summed E-state index contributed by atoms with van der Waals surface area (Å²) in [5.74, 6) is -0.297. The van der Waals surface area contributed by atoms with Crippen molar-refractivity contribution in [1.82, 2.24) is 0 Å². The molecule has 4 heteroatoms. The van der Waals surface area contributed by atoms with Crippen LogP contribution in [0.15, 0.2) is 48.2 Å². The molecule has 0 radical (unpaired) electrons. The first kappa shape index (κ1) is 12.4. The van der Waals surface area contributed by atoms with Crippen molar-refractivity contribution < 1.29 is 19.4 Å². The van der Waals surface area contributed by atoms with Gasteiger partial charge in [0.25, 0.3) is 0 Å². The van der Waals surface area contributed by atoms with Gasteiger partial charge in [0.05, 0.1) is 13.2 Å². The van der Waals surface area contributed by atoms with Crippen molar-refractivity contribution in [2.75, 3.05) is 7.11 Å². The predicted octanol–water partition coefficient (Wildman–Crippen LogP) is 1.52. The summed E-state index contributed by atoms with van der Waals surface area (Å²) in [5.41, 5.74) is 0.967. The number of aliphatic hydroxyl groups is 1. The highest BCUT2D eigenvalue weighted by molar-refractivity contribution is 5.84. The molecule has 1 aliphatic heterocycles. The summed E-state index contributed by atoms with van der Waals surface area (Å²) in [6, 6.07) is 9.56. The maximum atomic E-state index is 11.3. The second-order valence-electron chi connectivity index (χ2n) is 3.87. The zero-order chi connectivity index (χ0) is 13.0. The molecule has 2 atom stereocenters. The van der Waals surface area contributed by atoms with Crippen LogP contribution < -0.4 is 0 Å². The van der Waals surface area contributed by atoms with E-state index in [-0.39, 0.29) is 5.76 Å². The van der Waals surface area contributed by atoms with Crippen molar-refractivity contribution in [3.05, 3.63) is 53.8 Å². The minimum atomic E-state index is -0.965. The highest BCUT2D eigenvalue weighted by atomic mass is 16.6. The molecule has 0 fully saturated rings. The van der Waals surface area contributed by atoms with Crippen LogP contribution in [0.1, 0.15) is 5.56 Å². The zero-order valence-electron chi connectivity index (χ0n) is 9.95. The Bertz CT molecular complexity index is 476. The fraction of sp³-hybridized carbons (Fsp3) is 0.214. The second-order valence-corrected chi connectivity index (χ2v) is 3.87. The lowest BCUT2D eigenvalue weighted by atomic mass is 10.1. The van der Waals surface area contributed by atoms with Crippen molar-refractivity contribution in [2.24, 2.45) is 0 Å². The number of benzene rings is 1. The third-order valence-corrected chi connectivity index (χ3v) is 2.63.